The van der Waals surface area contributed by atoms with Crippen molar-refractivity contribution in [3.05, 3.63) is 56.3 Å². The number of aromatic carboxylic acids is 1. The van der Waals surface area contributed by atoms with Crippen molar-refractivity contribution >= 4 is 28.7 Å². The molecule has 7 heteroatoms. The van der Waals surface area contributed by atoms with E-state index in [-0.39, 0.29) is 11.3 Å². The first-order chi connectivity index (χ1) is 9.99. The van der Waals surface area contributed by atoms with Gasteiger partial charge in [-0.25, -0.2) is 4.79 Å². The van der Waals surface area contributed by atoms with Crippen molar-refractivity contribution in [1.82, 2.24) is 0 Å². The molecule has 0 bridgehead atoms. The summed E-state index contributed by atoms with van der Waals surface area (Å²) in [6, 6.07) is 7.89. The van der Waals surface area contributed by atoms with Crippen molar-refractivity contribution in [1.29, 1.82) is 0 Å². The summed E-state index contributed by atoms with van der Waals surface area (Å²) < 4.78 is 0. The topological polar surface area (TPSA) is 83.7 Å². The molecular formula is C14H14N2O4S. The molecule has 1 aromatic heterocycles. The molecule has 0 saturated carbocycles. The molecule has 6 nitrogen and oxygen atoms in total. The first kappa shape index (κ1) is 15.0. The highest BCUT2D eigenvalue weighted by Gasteiger charge is 2.18. The zero-order valence-electron chi connectivity index (χ0n) is 11.4. The van der Waals surface area contributed by atoms with Crippen LogP contribution in [-0.4, -0.2) is 29.6 Å². The number of carboxylic acid groups (broad SMARTS) is 1. The van der Waals surface area contributed by atoms with E-state index in [0.29, 0.717) is 12.2 Å². The summed E-state index contributed by atoms with van der Waals surface area (Å²) >= 11 is 1.64. The van der Waals surface area contributed by atoms with Crippen LogP contribution < -0.4 is 4.90 Å². The van der Waals surface area contributed by atoms with Crippen LogP contribution >= 0.6 is 11.3 Å². The van der Waals surface area contributed by atoms with E-state index < -0.39 is 10.9 Å². The lowest BCUT2D eigenvalue weighted by Crippen LogP contribution is -2.22. The normalized spacial score (nSPS) is 10.3. The number of thiophene rings is 1. The Hall–Kier alpha value is -2.41. The number of nitrogens with zero attached hydrogens (tertiary/aromatic N) is 2. The Kier molecular flexibility index (Phi) is 4.54. The fourth-order valence-corrected chi connectivity index (χ4v) is 2.69. The van der Waals surface area contributed by atoms with Gasteiger partial charge >= 0.3 is 5.97 Å². The molecule has 21 heavy (non-hydrogen) atoms. The lowest BCUT2D eigenvalue weighted by atomic mass is 10.1. The average Bonchev–Trinajstić information content (AvgIpc) is 2.97. The van der Waals surface area contributed by atoms with Crippen molar-refractivity contribution in [3.8, 4) is 0 Å². The number of anilines is 1. The van der Waals surface area contributed by atoms with Gasteiger partial charge in [0, 0.05) is 30.6 Å². The van der Waals surface area contributed by atoms with Crippen molar-refractivity contribution in [2.24, 2.45) is 0 Å². The first-order valence-electron chi connectivity index (χ1n) is 6.24. The number of nitro groups is 1. The predicted octanol–water partition coefficient (Wildman–Crippen LogP) is 3.03. The maximum atomic E-state index is 11.3. The second-order valence-corrected chi connectivity index (χ2v) is 5.55. The standard InChI is InChI=1S/C14H14N2O4S/c1-15(7-6-11-3-2-8-21-11)13-5-4-10(16(19)20)9-12(13)14(17)18/h2-5,8-9H,6-7H2,1H3,(H,17,18). The molecule has 0 unspecified atom stereocenters. The SMILES string of the molecule is CN(CCc1cccs1)c1ccc([N+](=O)[O-])cc1C(=O)O. The van der Waals surface area contributed by atoms with E-state index in [4.69, 9.17) is 0 Å². The molecule has 0 aliphatic rings. The molecular weight excluding hydrogens is 292 g/mol. The van der Waals surface area contributed by atoms with Crippen LogP contribution in [0.3, 0.4) is 0 Å². The molecule has 0 amide bonds. The summed E-state index contributed by atoms with van der Waals surface area (Å²) in [5.41, 5.74) is 0.199. The summed E-state index contributed by atoms with van der Waals surface area (Å²) in [6.45, 7) is 0.638. The monoisotopic (exact) mass is 306 g/mol. The van der Waals surface area contributed by atoms with E-state index >= 15 is 0 Å². The fourth-order valence-electron chi connectivity index (χ4n) is 1.99. The molecule has 0 aliphatic carbocycles. The first-order valence-corrected chi connectivity index (χ1v) is 7.12. The van der Waals surface area contributed by atoms with Crippen molar-refractivity contribution in [3.63, 3.8) is 0 Å². The van der Waals surface area contributed by atoms with Gasteiger partial charge in [-0.05, 0) is 23.9 Å². The van der Waals surface area contributed by atoms with Gasteiger partial charge in [-0.1, -0.05) is 6.07 Å². The van der Waals surface area contributed by atoms with E-state index in [9.17, 15) is 20.0 Å². The Bertz CT molecular complexity index is 655. The van der Waals surface area contributed by atoms with Gasteiger partial charge in [0.15, 0.2) is 0 Å². The molecule has 1 heterocycles. The zero-order chi connectivity index (χ0) is 15.4. The van der Waals surface area contributed by atoms with E-state index in [2.05, 4.69) is 0 Å². The maximum absolute atomic E-state index is 11.3. The summed E-state index contributed by atoms with van der Waals surface area (Å²) in [5.74, 6) is -1.17. The quantitative estimate of drug-likeness (QED) is 0.655. The molecule has 0 saturated heterocycles. The number of benzene rings is 1. The Balaban J connectivity index is 2.21. The summed E-state index contributed by atoms with van der Waals surface area (Å²) in [6.07, 6.45) is 0.796. The number of rotatable bonds is 6. The van der Waals surface area contributed by atoms with Gasteiger partial charge in [-0.3, -0.25) is 10.1 Å². The van der Waals surface area contributed by atoms with Crippen LogP contribution in [0.2, 0.25) is 0 Å². The van der Waals surface area contributed by atoms with Crippen molar-refractivity contribution < 1.29 is 14.8 Å². The van der Waals surface area contributed by atoms with Crippen LogP contribution in [0.25, 0.3) is 0 Å². The third kappa shape index (κ3) is 3.57. The summed E-state index contributed by atoms with van der Waals surface area (Å²) in [7, 11) is 1.78. The van der Waals surface area contributed by atoms with Crippen LogP contribution in [0.4, 0.5) is 11.4 Å². The van der Waals surface area contributed by atoms with E-state index in [0.717, 1.165) is 12.5 Å². The second-order valence-electron chi connectivity index (χ2n) is 4.51. The zero-order valence-corrected chi connectivity index (χ0v) is 12.2. The lowest BCUT2D eigenvalue weighted by Gasteiger charge is -2.20. The number of likely N-dealkylation sites (N-methyl/N-ethyl adjacent to an activating group) is 1. The van der Waals surface area contributed by atoms with Crippen LogP contribution in [-0.2, 0) is 6.42 Å². The molecule has 0 aliphatic heterocycles. The maximum Gasteiger partial charge on any atom is 0.338 e. The molecule has 1 aromatic carbocycles. The largest absolute Gasteiger partial charge is 0.478 e. The van der Waals surface area contributed by atoms with E-state index in [1.165, 1.54) is 17.0 Å². The minimum absolute atomic E-state index is 0.0575. The van der Waals surface area contributed by atoms with E-state index in [1.807, 2.05) is 17.5 Å². The summed E-state index contributed by atoms with van der Waals surface area (Å²) in [5, 5.41) is 22.0. The Labute approximate surface area is 125 Å². The Morgan fingerprint density at radius 2 is 2.19 bits per heavy atom. The van der Waals surface area contributed by atoms with Gasteiger partial charge < -0.3 is 10.0 Å². The van der Waals surface area contributed by atoms with Crippen LogP contribution in [0, 0.1) is 10.1 Å². The van der Waals surface area contributed by atoms with Crippen LogP contribution in [0.1, 0.15) is 15.2 Å². The highest BCUT2D eigenvalue weighted by atomic mass is 32.1. The number of hydrogen-bond acceptors (Lipinski definition) is 5. The van der Waals surface area contributed by atoms with Gasteiger partial charge in [-0.15, -0.1) is 11.3 Å². The van der Waals surface area contributed by atoms with Crippen LogP contribution in [0.5, 0.6) is 0 Å². The fraction of sp³-hybridized carbons (Fsp3) is 0.214. The van der Waals surface area contributed by atoms with Crippen molar-refractivity contribution in [2.75, 3.05) is 18.5 Å². The Morgan fingerprint density at radius 1 is 1.43 bits per heavy atom. The minimum Gasteiger partial charge on any atom is -0.478 e. The molecule has 0 fully saturated rings. The van der Waals surface area contributed by atoms with Crippen LogP contribution in [0.15, 0.2) is 35.7 Å². The van der Waals surface area contributed by atoms with E-state index in [1.54, 1.807) is 23.3 Å². The molecule has 1 N–H and O–H groups in total. The molecule has 0 spiro atoms. The van der Waals surface area contributed by atoms with Gasteiger partial charge in [0.2, 0.25) is 0 Å². The molecule has 110 valence electrons. The number of carboxylic acids is 1. The number of nitro benzene ring substituents is 1. The third-order valence-corrected chi connectivity index (χ3v) is 4.04. The van der Waals surface area contributed by atoms with Gasteiger partial charge in [0.05, 0.1) is 16.2 Å². The minimum atomic E-state index is -1.17. The van der Waals surface area contributed by atoms with Gasteiger partial charge in [0.25, 0.3) is 5.69 Å². The molecule has 0 atom stereocenters. The average molecular weight is 306 g/mol. The molecule has 2 aromatic rings. The number of non-ortho nitro benzene ring substituents is 1. The number of hydrogen-bond donors (Lipinski definition) is 1. The molecule has 2 rings (SSSR count). The highest BCUT2D eigenvalue weighted by molar-refractivity contribution is 7.09. The van der Waals surface area contributed by atoms with Crippen molar-refractivity contribution in [2.45, 2.75) is 6.42 Å². The lowest BCUT2D eigenvalue weighted by molar-refractivity contribution is -0.384. The smallest absolute Gasteiger partial charge is 0.338 e. The highest BCUT2D eigenvalue weighted by Crippen LogP contribution is 2.25. The summed E-state index contributed by atoms with van der Waals surface area (Å²) in [4.78, 5) is 24.4. The third-order valence-electron chi connectivity index (χ3n) is 3.11. The van der Waals surface area contributed by atoms with Gasteiger partial charge in [-0.2, -0.15) is 0 Å². The predicted molar refractivity (Wildman–Crippen MR) is 81.3 cm³/mol. The number of carbonyl (C=O) groups is 1. The second kappa shape index (κ2) is 6.36. The van der Waals surface area contributed by atoms with Gasteiger partial charge in [0.1, 0.15) is 0 Å². The molecule has 0 radical (unpaired) electrons. The Morgan fingerprint density at radius 3 is 2.76 bits per heavy atom.